The van der Waals surface area contributed by atoms with Gasteiger partial charge in [-0.1, -0.05) is 12.7 Å². The zero-order valence-electron chi connectivity index (χ0n) is 6.35. The highest BCUT2D eigenvalue weighted by atomic mass is 16.2. The minimum atomic E-state index is 0.0903. The van der Waals surface area contributed by atoms with Crippen molar-refractivity contribution in [2.75, 3.05) is 13.6 Å². The van der Waals surface area contributed by atoms with Crippen LogP contribution in [0.2, 0.25) is 0 Å². The molecular weight excluding hydrogens is 126 g/mol. The molecule has 0 bridgehead atoms. The monoisotopic (exact) mass is 137 g/mol. The molecule has 0 saturated carbocycles. The third-order valence-electron chi connectivity index (χ3n) is 1.72. The average molecular weight is 137 g/mol. The zero-order chi connectivity index (χ0) is 7.72. The van der Waals surface area contributed by atoms with Crippen molar-refractivity contribution in [3.63, 3.8) is 0 Å². The Morgan fingerprint density at radius 3 is 2.50 bits per heavy atom. The lowest BCUT2D eigenvalue weighted by Gasteiger charge is -2.06. The maximum absolute atomic E-state index is 11.1. The number of rotatable bonds is 1. The van der Waals surface area contributed by atoms with Crippen LogP contribution in [-0.4, -0.2) is 24.4 Å². The summed E-state index contributed by atoms with van der Waals surface area (Å²) in [5.74, 6) is 0.0903. The number of hydrogen-bond donors (Lipinski definition) is 0. The van der Waals surface area contributed by atoms with Crippen LogP contribution in [0.15, 0.2) is 23.8 Å². The smallest absolute Gasteiger partial charge is 0.253 e. The SMILES string of the molecule is C=CC1=C(C)CN(C)C1=O. The van der Waals surface area contributed by atoms with Crippen LogP contribution < -0.4 is 0 Å². The van der Waals surface area contributed by atoms with E-state index in [9.17, 15) is 4.79 Å². The van der Waals surface area contributed by atoms with Gasteiger partial charge in [0.2, 0.25) is 0 Å². The van der Waals surface area contributed by atoms with Crippen molar-refractivity contribution in [1.29, 1.82) is 0 Å². The molecule has 2 nitrogen and oxygen atoms in total. The molecule has 1 aliphatic heterocycles. The molecule has 0 saturated heterocycles. The standard InChI is InChI=1S/C8H11NO/c1-4-7-6(2)5-9(3)8(7)10/h4H,1,5H2,2-3H3. The zero-order valence-corrected chi connectivity index (χ0v) is 6.35. The molecule has 0 aromatic rings. The summed E-state index contributed by atoms with van der Waals surface area (Å²) in [5, 5.41) is 0. The van der Waals surface area contributed by atoms with Gasteiger partial charge in [-0.2, -0.15) is 0 Å². The molecule has 0 N–H and O–H groups in total. The fraction of sp³-hybridized carbons (Fsp3) is 0.375. The summed E-state index contributed by atoms with van der Waals surface area (Å²) in [6, 6.07) is 0. The van der Waals surface area contributed by atoms with Crippen LogP contribution in [0.4, 0.5) is 0 Å². The first-order valence-corrected chi connectivity index (χ1v) is 3.24. The van der Waals surface area contributed by atoms with E-state index in [0.29, 0.717) is 0 Å². The van der Waals surface area contributed by atoms with Crippen LogP contribution in [-0.2, 0) is 4.79 Å². The van der Waals surface area contributed by atoms with Gasteiger partial charge in [0.05, 0.1) is 0 Å². The van der Waals surface area contributed by atoms with Crippen molar-refractivity contribution in [3.05, 3.63) is 23.8 Å². The molecule has 2 heteroatoms. The Labute approximate surface area is 60.8 Å². The summed E-state index contributed by atoms with van der Waals surface area (Å²) in [5.41, 5.74) is 1.88. The van der Waals surface area contributed by atoms with E-state index in [0.717, 1.165) is 17.7 Å². The minimum Gasteiger partial charge on any atom is -0.338 e. The normalized spacial score (nSPS) is 18.6. The Morgan fingerprint density at radius 2 is 2.30 bits per heavy atom. The molecule has 1 rings (SSSR count). The topological polar surface area (TPSA) is 20.3 Å². The quantitative estimate of drug-likeness (QED) is 0.527. The van der Waals surface area contributed by atoms with E-state index < -0.39 is 0 Å². The van der Waals surface area contributed by atoms with Crippen LogP contribution in [0.3, 0.4) is 0 Å². The van der Waals surface area contributed by atoms with Gasteiger partial charge in [-0.15, -0.1) is 0 Å². The molecule has 10 heavy (non-hydrogen) atoms. The summed E-state index contributed by atoms with van der Waals surface area (Å²) in [6.45, 7) is 6.28. The van der Waals surface area contributed by atoms with Crippen LogP contribution in [0.5, 0.6) is 0 Å². The fourth-order valence-corrected chi connectivity index (χ4v) is 1.16. The van der Waals surface area contributed by atoms with Crippen LogP contribution in [0, 0.1) is 0 Å². The summed E-state index contributed by atoms with van der Waals surface area (Å²) >= 11 is 0. The highest BCUT2D eigenvalue weighted by Crippen LogP contribution is 2.16. The average Bonchev–Trinajstić information content (AvgIpc) is 2.09. The van der Waals surface area contributed by atoms with Crippen molar-refractivity contribution < 1.29 is 4.79 Å². The number of carbonyl (C=O) groups is 1. The molecular formula is C8H11NO. The van der Waals surface area contributed by atoms with Crippen molar-refractivity contribution >= 4 is 5.91 Å². The Morgan fingerprint density at radius 1 is 1.70 bits per heavy atom. The van der Waals surface area contributed by atoms with Gasteiger partial charge < -0.3 is 4.90 Å². The lowest BCUT2D eigenvalue weighted by molar-refractivity contribution is -0.124. The third kappa shape index (κ3) is 0.856. The van der Waals surface area contributed by atoms with Gasteiger partial charge in [0.1, 0.15) is 0 Å². The second-order valence-corrected chi connectivity index (χ2v) is 2.56. The van der Waals surface area contributed by atoms with Crippen LogP contribution >= 0.6 is 0 Å². The van der Waals surface area contributed by atoms with Crippen molar-refractivity contribution in [2.24, 2.45) is 0 Å². The van der Waals surface area contributed by atoms with Gasteiger partial charge in [0, 0.05) is 19.2 Å². The summed E-state index contributed by atoms with van der Waals surface area (Å²) in [4.78, 5) is 12.8. The molecule has 0 unspecified atom stereocenters. The predicted molar refractivity (Wildman–Crippen MR) is 40.5 cm³/mol. The van der Waals surface area contributed by atoms with Gasteiger partial charge in [0.25, 0.3) is 5.91 Å². The highest BCUT2D eigenvalue weighted by Gasteiger charge is 2.21. The predicted octanol–water partition coefficient (Wildman–Crippen LogP) is 0.961. The van der Waals surface area contributed by atoms with Gasteiger partial charge in [0.15, 0.2) is 0 Å². The minimum absolute atomic E-state index is 0.0903. The Balaban J connectivity index is 2.95. The van der Waals surface area contributed by atoms with Crippen LogP contribution in [0.1, 0.15) is 6.92 Å². The van der Waals surface area contributed by atoms with E-state index in [-0.39, 0.29) is 5.91 Å². The Kier molecular flexibility index (Phi) is 1.62. The molecule has 1 heterocycles. The molecule has 1 amide bonds. The molecule has 54 valence electrons. The maximum atomic E-state index is 11.1. The second-order valence-electron chi connectivity index (χ2n) is 2.56. The Bertz CT molecular complexity index is 215. The van der Waals surface area contributed by atoms with Crippen LogP contribution in [0.25, 0.3) is 0 Å². The van der Waals surface area contributed by atoms with E-state index in [4.69, 9.17) is 0 Å². The van der Waals surface area contributed by atoms with Crippen molar-refractivity contribution in [1.82, 2.24) is 4.90 Å². The van der Waals surface area contributed by atoms with E-state index >= 15 is 0 Å². The summed E-state index contributed by atoms with van der Waals surface area (Å²) in [7, 11) is 1.79. The van der Waals surface area contributed by atoms with Crippen molar-refractivity contribution in [2.45, 2.75) is 6.92 Å². The van der Waals surface area contributed by atoms with E-state index in [2.05, 4.69) is 6.58 Å². The molecule has 1 aliphatic rings. The second kappa shape index (κ2) is 2.29. The molecule has 0 radical (unpaired) electrons. The van der Waals surface area contributed by atoms with E-state index in [1.807, 2.05) is 6.92 Å². The van der Waals surface area contributed by atoms with Gasteiger partial charge in [-0.05, 0) is 12.5 Å². The number of nitrogens with zero attached hydrogens (tertiary/aromatic N) is 1. The lowest BCUT2D eigenvalue weighted by atomic mass is 10.2. The first-order chi connectivity index (χ1) is 4.66. The molecule has 0 fully saturated rings. The largest absolute Gasteiger partial charge is 0.338 e. The molecule has 0 aromatic heterocycles. The van der Waals surface area contributed by atoms with Crippen molar-refractivity contribution in [3.8, 4) is 0 Å². The lowest BCUT2D eigenvalue weighted by Crippen LogP contribution is -2.21. The first kappa shape index (κ1) is 7.06. The number of likely N-dealkylation sites (N-methyl/N-ethyl adjacent to an activating group) is 1. The first-order valence-electron chi connectivity index (χ1n) is 3.24. The molecule has 0 aromatic carbocycles. The highest BCUT2D eigenvalue weighted by molar-refractivity contribution is 5.99. The number of carbonyl (C=O) groups excluding carboxylic acids is 1. The van der Waals surface area contributed by atoms with Gasteiger partial charge in [-0.3, -0.25) is 4.79 Å². The van der Waals surface area contributed by atoms with E-state index in [1.165, 1.54) is 0 Å². The summed E-state index contributed by atoms with van der Waals surface area (Å²) < 4.78 is 0. The summed E-state index contributed by atoms with van der Waals surface area (Å²) in [6.07, 6.45) is 1.63. The maximum Gasteiger partial charge on any atom is 0.253 e. The fourth-order valence-electron chi connectivity index (χ4n) is 1.16. The van der Waals surface area contributed by atoms with E-state index in [1.54, 1.807) is 18.0 Å². The number of hydrogen-bond acceptors (Lipinski definition) is 1. The molecule has 0 aliphatic carbocycles. The van der Waals surface area contributed by atoms with Gasteiger partial charge in [-0.25, -0.2) is 0 Å². The molecule has 0 spiro atoms. The molecule has 0 atom stereocenters. The van der Waals surface area contributed by atoms with Gasteiger partial charge >= 0.3 is 0 Å². The third-order valence-corrected chi connectivity index (χ3v) is 1.72. The number of amides is 1. The Hall–Kier alpha value is -1.05.